The molecule has 0 spiro atoms. The van der Waals surface area contributed by atoms with Crippen LogP contribution in [0, 0.1) is 0 Å². The van der Waals surface area contributed by atoms with Crippen LogP contribution < -0.4 is 0 Å². The van der Waals surface area contributed by atoms with Crippen molar-refractivity contribution < 1.29 is 9.90 Å². The van der Waals surface area contributed by atoms with Crippen LogP contribution in [-0.4, -0.2) is 25.9 Å². The molecule has 0 unspecified atom stereocenters. The van der Waals surface area contributed by atoms with Crippen molar-refractivity contribution in [2.24, 2.45) is 7.05 Å². The van der Waals surface area contributed by atoms with E-state index in [2.05, 4.69) is 10.3 Å². The van der Waals surface area contributed by atoms with Crippen molar-refractivity contribution in [2.75, 3.05) is 0 Å². The Balaban J connectivity index is 0.000000671. The van der Waals surface area contributed by atoms with Crippen molar-refractivity contribution in [3.63, 3.8) is 0 Å². The van der Waals surface area contributed by atoms with Crippen LogP contribution in [0.5, 0.6) is 0 Å². The fraction of sp³-hybridized carbons (Fsp3) is 0.625. The summed E-state index contributed by atoms with van der Waals surface area (Å²) in [5, 5.41) is 16.0. The summed E-state index contributed by atoms with van der Waals surface area (Å²) < 4.78 is 1.39. The number of carbonyl (C=O) groups excluding carboxylic acids is 1. The maximum Gasteiger partial charge on any atom is 0.182 e. The maximum absolute atomic E-state index is 10.8. The molecular weight excluding hydrogens is 170 g/mol. The predicted molar refractivity (Wildman–Crippen MR) is 48.3 cm³/mol. The van der Waals surface area contributed by atoms with Gasteiger partial charge in [0.15, 0.2) is 11.5 Å². The van der Waals surface area contributed by atoms with E-state index in [1.54, 1.807) is 7.05 Å². The minimum Gasteiger partial charge on any atom is -0.390 e. The molecule has 0 bridgehead atoms. The van der Waals surface area contributed by atoms with Gasteiger partial charge in [-0.1, -0.05) is 19.1 Å². The lowest BCUT2D eigenvalue weighted by Gasteiger charge is -1.95. The number of aliphatic hydroxyl groups is 1. The molecule has 0 aliphatic carbocycles. The summed E-state index contributed by atoms with van der Waals surface area (Å²) >= 11 is 0. The minimum absolute atomic E-state index is 0.179. The monoisotopic (exact) mass is 185 g/mol. The Morgan fingerprint density at radius 1 is 1.54 bits per heavy atom. The molecule has 1 heterocycles. The second kappa shape index (κ2) is 5.42. The normalized spacial score (nSPS) is 9.00. The lowest BCUT2D eigenvalue weighted by molar-refractivity contribution is 0.100. The predicted octanol–water partition coefficient (Wildman–Crippen LogP) is 0.536. The quantitative estimate of drug-likeness (QED) is 0.683. The highest BCUT2D eigenvalue weighted by Crippen LogP contribution is 2.03. The van der Waals surface area contributed by atoms with Crippen molar-refractivity contribution in [3.05, 3.63) is 11.4 Å². The lowest BCUT2D eigenvalue weighted by Crippen LogP contribution is -2.02. The zero-order valence-corrected chi connectivity index (χ0v) is 8.40. The molecule has 0 amide bonds. The first kappa shape index (κ1) is 11.8. The largest absolute Gasteiger partial charge is 0.390 e. The van der Waals surface area contributed by atoms with E-state index in [4.69, 9.17) is 5.11 Å². The number of aryl methyl sites for hydroxylation is 1. The van der Waals surface area contributed by atoms with Crippen LogP contribution in [0.25, 0.3) is 0 Å². The molecule has 5 nitrogen and oxygen atoms in total. The second-order valence-electron chi connectivity index (χ2n) is 2.22. The van der Waals surface area contributed by atoms with Crippen LogP contribution in [0.4, 0.5) is 0 Å². The number of aromatic nitrogens is 3. The average molecular weight is 185 g/mol. The lowest BCUT2D eigenvalue weighted by atomic mass is 10.2. The zero-order valence-electron chi connectivity index (χ0n) is 8.40. The standard InChI is InChI=1S/C6H9N3O2.C2H6/c1-4(11)6-5(3-10)9(2)8-7-6;1-2/h10H,3H2,1-2H3;1-2H3. The van der Waals surface area contributed by atoms with Crippen molar-refractivity contribution in [1.29, 1.82) is 0 Å². The van der Waals surface area contributed by atoms with Crippen LogP contribution in [0.2, 0.25) is 0 Å². The summed E-state index contributed by atoms with van der Waals surface area (Å²) in [5.74, 6) is -0.179. The molecule has 74 valence electrons. The summed E-state index contributed by atoms with van der Waals surface area (Å²) in [5.41, 5.74) is 0.701. The van der Waals surface area contributed by atoms with E-state index < -0.39 is 0 Å². The van der Waals surface area contributed by atoms with E-state index >= 15 is 0 Å². The van der Waals surface area contributed by atoms with Crippen LogP contribution in [0.1, 0.15) is 37.0 Å². The zero-order chi connectivity index (χ0) is 10.4. The molecular formula is C8H15N3O2. The molecule has 0 aliphatic rings. The van der Waals surface area contributed by atoms with E-state index in [1.807, 2.05) is 13.8 Å². The molecule has 0 fully saturated rings. The van der Waals surface area contributed by atoms with E-state index in [0.29, 0.717) is 5.69 Å². The molecule has 0 atom stereocenters. The Morgan fingerprint density at radius 3 is 2.38 bits per heavy atom. The van der Waals surface area contributed by atoms with Gasteiger partial charge in [-0.05, 0) is 0 Å². The molecule has 1 N–H and O–H groups in total. The average Bonchev–Trinajstić information content (AvgIpc) is 2.50. The number of hydrogen-bond acceptors (Lipinski definition) is 4. The first-order chi connectivity index (χ1) is 6.16. The highest BCUT2D eigenvalue weighted by molar-refractivity contribution is 5.92. The van der Waals surface area contributed by atoms with Crippen molar-refractivity contribution in [1.82, 2.24) is 15.0 Å². The molecule has 5 heteroatoms. The number of nitrogens with zero attached hydrogens (tertiary/aromatic N) is 3. The van der Waals surface area contributed by atoms with Gasteiger partial charge in [-0.2, -0.15) is 0 Å². The van der Waals surface area contributed by atoms with E-state index in [1.165, 1.54) is 11.6 Å². The fourth-order valence-corrected chi connectivity index (χ4v) is 0.828. The van der Waals surface area contributed by atoms with Gasteiger partial charge in [-0.15, -0.1) is 5.10 Å². The number of ketones is 1. The third kappa shape index (κ3) is 2.62. The van der Waals surface area contributed by atoms with E-state index in [-0.39, 0.29) is 18.1 Å². The Hall–Kier alpha value is -1.23. The van der Waals surface area contributed by atoms with Crippen LogP contribution >= 0.6 is 0 Å². The van der Waals surface area contributed by atoms with Gasteiger partial charge in [0.25, 0.3) is 0 Å². The Bertz CT molecular complexity index is 281. The summed E-state index contributed by atoms with van der Waals surface area (Å²) in [6.45, 7) is 5.18. The summed E-state index contributed by atoms with van der Waals surface area (Å²) in [4.78, 5) is 10.8. The highest BCUT2D eigenvalue weighted by atomic mass is 16.3. The molecule has 0 aromatic carbocycles. The molecule has 0 saturated carbocycles. The third-order valence-electron chi connectivity index (χ3n) is 1.43. The van der Waals surface area contributed by atoms with Gasteiger partial charge >= 0.3 is 0 Å². The van der Waals surface area contributed by atoms with Gasteiger partial charge < -0.3 is 5.11 Å². The number of carbonyl (C=O) groups is 1. The Kier molecular flexibility index (Phi) is 4.91. The Labute approximate surface area is 77.4 Å². The summed E-state index contributed by atoms with van der Waals surface area (Å²) in [7, 11) is 1.63. The minimum atomic E-state index is -0.210. The van der Waals surface area contributed by atoms with Crippen LogP contribution in [0.15, 0.2) is 0 Å². The molecule has 0 aliphatic heterocycles. The number of rotatable bonds is 2. The van der Waals surface area contributed by atoms with Crippen molar-refractivity contribution in [3.8, 4) is 0 Å². The second-order valence-corrected chi connectivity index (χ2v) is 2.22. The molecule has 0 radical (unpaired) electrons. The van der Waals surface area contributed by atoms with E-state index in [0.717, 1.165) is 0 Å². The van der Waals surface area contributed by atoms with Crippen LogP contribution in [-0.2, 0) is 13.7 Å². The van der Waals surface area contributed by atoms with Crippen LogP contribution in [0.3, 0.4) is 0 Å². The SMILES string of the molecule is CC.CC(=O)c1nnn(C)c1CO. The molecule has 13 heavy (non-hydrogen) atoms. The first-order valence-electron chi connectivity index (χ1n) is 4.17. The van der Waals surface area contributed by atoms with Gasteiger partial charge in [-0.25, -0.2) is 4.68 Å². The summed E-state index contributed by atoms with van der Waals surface area (Å²) in [6.07, 6.45) is 0. The molecule has 1 rings (SSSR count). The number of hydrogen-bond donors (Lipinski definition) is 1. The van der Waals surface area contributed by atoms with Gasteiger partial charge in [-0.3, -0.25) is 4.79 Å². The van der Waals surface area contributed by atoms with Gasteiger partial charge in [0.2, 0.25) is 0 Å². The maximum atomic E-state index is 10.8. The van der Waals surface area contributed by atoms with Gasteiger partial charge in [0.05, 0.1) is 12.3 Å². The molecule has 1 aromatic rings. The topological polar surface area (TPSA) is 68.0 Å². The highest BCUT2D eigenvalue weighted by Gasteiger charge is 2.12. The van der Waals surface area contributed by atoms with Gasteiger partial charge in [0.1, 0.15) is 0 Å². The smallest absolute Gasteiger partial charge is 0.182 e. The third-order valence-corrected chi connectivity index (χ3v) is 1.43. The number of Topliss-reactive ketones (excluding diaryl/α,β-unsaturated/α-hetero) is 1. The summed E-state index contributed by atoms with van der Waals surface area (Å²) in [6, 6.07) is 0. The Morgan fingerprint density at radius 2 is 2.08 bits per heavy atom. The van der Waals surface area contributed by atoms with Gasteiger partial charge in [0, 0.05) is 14.0 Å². The number of aliphatic hydroxyl groups excluding tert-OH is 1. The molecule has 0 saturated heterocycles. The molecule has 1 aromatic heterocycles. The first-order valence-corrected chi connectivity index (χ1v) is 4.17. The van der Waals surface area contributed by atoms with Crippen molar-refractivity contribution in [2.45, 2.75) is 27.4 Å². The fourth-order valence-electron chi connectivity index (χ4n) is 0.828. The van der Waals surface area contributed by atoms with E-state index in [9.17, 15) is 4.79 Å². The van der Waals surface area contributed by atoms with Crippen molar-refractivity contribution >= 4 is 5.78 Å².